The Bertz CT molecular complexity index is 521. The second-order valence-corrected chi connectivity index (χ2v) is 4.48. The highest BCUT2D eigenvalue weighted by atomic mass is 32.1. The first-order valence-electron chi connectivity index (χ1n) is 5.49. The van der Waals surface area contributed by atoms with Crippen molar-refractivity contribution in [2.24, 2.45) is 10.7 Å². The summed E-state index contributed by atoms with van der Waals surface area (Å²) in [4.78, 5) is 4.12. The number of rotatable bonds is 3. The average Bonchev–Trinajstić information content (AvgIpc) is 2.36. The number of hydrogen-bond donors (Lipinski definition) is 2. The van der Waals surface area contributed by atoms with Gasteiger partial charge in [0.25, 0.3) is 0 Å². The van der Waals surface area contributed by atoms with Gasteiger partial charge in [-0.2, -0.15) is 0 Å². The van der Waals surface area contributed by atoms with Gasteiger partial charge in [-0.15, -0.1) is 0 Å². The molecule has 1 aromatic rings. The van der Waals surface area contributed by atoms with Crippen molar-refractivity contribution in [2.75, 3.05) is 7.11 Å². The lowest BCUT2D eigenvalue weighted by molar-refractivity contribution is 0.415. The Morgan fingerprint density at radius 3 is 2.47 bits per heavy atom. The summed E-state index contributed by atoms with van der Waals surface area (Å²) in [5, 5.41) is 2.96. The Morgan fingerprint density at radius 1 is 1.32 bits per heavy atom. The van der Waals surface area contributed by atoms with Gasteiger partial charge in [0, 0.05) is 5.71 Å². The number of thiocarbonyl (C=S) groups is 2. The standard InChI is InChI=1S/C13H15N3OS2/c1-9(15-13(19)16-12(14)18)3-4-10-5-7-11(17-2)8-6-10/h3-8H,1-2H3,(H3,14,16,18,19)/b4-3+,15-9?. The molecule has 0 aliphatic carbocycles. The van der Waals surface area contributed by atoms with Crippen molar-refractivity contribution in [2.45, 2.75) is 6.92 Å². The Hall–Kier alpha value is -1.79. The van der Waals surface area contributed by atoms with Crippen LogP contribution in [0.2, 0.25) is 0 Å². The van der Waals surface area contributed by atoms with E-state index in [9.17, 15) is 0 Å². The minimum Gasteiger partial charge on any atom is -0.497 e. The predicted molar refractivity (Wildman–Crippen MR) is 87.7 cm³/mol. The van der Waals surface area contributed by atoms with E-state index in [1.807, 2.05) is 43.3 Å². The molecular formula is C13H15N3OS2. The summed E-state index contributed by atoms with van der Waals surface area (Å²) in [6.07, 6.45) is 3.79. The fourth-order valence-corrected chi connectivity index (χ4v) is 1.68. The summed E-state index contributed by atoms with van der Waals surface area (Å²) in [5.74, 6) is 0.823. The highest BCUT2D eigenvalue weighted by Gasteiger charge is 1.94. The SMILES string of the molecule is COc1ccc(/C=C/C(C)=NC(=S)NC(N)=S)cc1. The lowest BCUT2D eigenvalue weighted by Gasteiger charge is -2.01. The number of allylic oxidation sites excluding steroid dienone is 1. The first-order chi connectivity index (χ1) is 9.01. The lowest BCUT2D eigenvalue weighted by atomic mass is 10.2. The van der Waals surface area contributed by atoms with Crippen molar-refractivity contribution in [3.05, 3.63) is 35.9 Å². The van der Waals surface area contributed by atoms with Gasteiger partial charge in [0.15, 0.2) is 10.2 Å². The minimum atomic E-state index is 0.112. The van der Waals surface area contributed by atoms with Crippen molar-refractivity contribution in [3.63, 3.8) is 0 Å². The van der Waals surface area contributed by atoms with Gasteiger partial charge in [0.05, 0.1) is 7.11 Å². The average molecular weight is 293 g/mol. The number of methoxy groups -OCH3 is 1. The number of nitrogens with two attached hydrogens (primary N) is 1. The largest absolute Gasteiger partial charge is 0.497 e. The molecule has 0 aliphatic rings. The second kappa shape index (κ2) is 7.60. The van der Waals surface area contributed by atoms with Crippen molar-refractivity contribution in [1.29, 1.82) is 0 Å². The predicted octanol–water partition coefficient (Wildman–Crippen LogP) is 2.29. The Balaban J connectivity index is 2.66. The molecule has 100 valence electrons. The van der Waals surface area contributed by atoms with Crippen LogP contribution in [0.5, 0.6) is 5.75 Å². The van der Waals surface area contributed by atoms with Crippen molar-refractivity contribution < 1.29 is 4.74 Å². The molecule has 0 aromatic heterocycles. The monoisotopic (exact) mass is 293 g/mol. The van der Waals surface area contributed by atoms with Crippen LogP contribution < -0.4 is 15.8 Å². The molecule has 0 aliphatic heterocycles. The van der Waals surface area contributed by atoms with Crippen LogP contribution in [-0.2, 0) is 0 Å². The van der Waals surface area contributed by atoms with E-state index in [0.29, 0.717) is 0 Å². The molecular weight excluding hydrogens is 278 g/mol. The van der Waals surface area contributed by atoms with Crippen LogP contribution in [0, 0.1) is 0 Å². The normalized spacial score (nSPS) is 11.4. The van der Waals surface area contributed by atoms with E-state index in [1.54, 1.807) is 7.11 Å². The number of nitrogens with zero attached hydrogens (tertiary/aromatic N) is 1. The third-order valence-electron chi connectivity index (χ3n) is 2.14. The quantitative estimate of drug-likeness (QED) is 0.661. The molecule has 19 heavy (non-hydrogen) atoms. The van der Waals surface area contributed by atoms with Gasteiger partial charge in [-0.3, -0.25) is 0 Å². The van der Waals surface area contributed by atoms with Crippen LogP contribution in [-0.4, -0.2) is 23.0 Å². The highest BCUT2D eigenvalue weighted by Crippen LogP contribution is 2.12. The highest BCUT2D eigenvalue weighted by molar-refractivity contribution is 7.81. The van der Waals surface area contributed by atoms with Crippen LogP contribution in [0.25, 0.3) is 6.08 Å². The molecule has 0 saturated carbocycles. The molecule has 1 rings (SSSR count). The van der Waals surface area contributed by atoms with Gasteiger partial charge in [-0.05, 0) is 55.1 Å². The number of benzene rings is 1. The third kappa shape index (κ3) is 6.08. The Morgan fingerprint density at radius 2 is 1.95 bits per heavy atom. The van der Waals surface area contributed by atoms with Crippen molar-refractivity contribution >= 4 is 46.4 Å². The minimum absolute atomic E-state index is 0.112. The van der Waals surface area contributed by atoms with Gasteiger partial charge in [0.1, 0.15) is 5.75 Å². The van der Waals surface area contributed by atoms with Crippen LogP contribution >= 0.6 is 24.4 Å². The van der Waals surface area contributed by atoms with Crippen molar-refractivity contribution in [3.8, 4) is 5.75 Å². The van der Waals surface area contributed by atoms with Crippen LogP contribution in [0.1, 0.15) is 12.5 Å². The maximum absolute atomic E-state index is 5.30. The number of hydrogen-bond acceptors (Lipinski definition) is 3. The zero-order chi connectivity index (χ0) is 14.3. The van der Waals surface area contributed by atoms with E-state index in [0.717, 1.165) is 17.0 Å². The fourth-order valence-electron chi connectivity index (χ4n) is 1.26. The van der Waals surface area contributed by atoms with Gasteiger partial charge in [0.2, 0.25) is 0 Å². The molecule has 0 spiro atoms. The number of ether oxygens (including phenoxy) is 1. The van der Waals surface area contributed by atoms with Gasteiger partial charge in [-0.25, -0.2) is 4.99 Å². The van der Waals surface area contributed by atoms with E-state index < -0.39 is 0 Å². The maximum Gasteiger partial charge on any atom is 0.199 e. The summed E-state index contributed by atoms with van der Waals surface area (Å²) in [6.45, 7) is 1.84. The summed E-state index contributed by atoms with van der Waals surface area (Å²) in [5.41, 5.74) is 7.09. The zero-order valence-electron chi connectivity index (χ0n) is 10.7. The molecule has 1 aromatic carbocycles. The molecule has 3 N–H and O–H groups in total. The molecule has 0 fully saturated rings. The van der Waals surface area contributed by atoms with Crippen LogP contribution in [0.4, 0.5) is 0 Å². The number of aliphatic imine (C=N–C) groups is 1. The third-order valence-corrected chi connectivity index (χ3v) is 2.44. The van der Waals surface area contributed by atoms with E-state index in [2.05, 4.69) is 22.5 Å². The molecule has 0 heterocycles. The Kier molecular flexibility index (Phi) is 6.11. The lowest BCUT2D eigenvalue weighted by Crippen LogP contribution is -2.32. The first kappa shape index (κ1) is 15.3. The maximum atomic E-state index is 5.30. The molecule has 4 nitrogen and oxygen atoms in total. The molecule has 0 unspecified atom stereocenters. The van der Waals surface area contributed by atoms with Crippen LogP contribution in [0.15, 0.2) is 35.3 Å². The van der Waals surface area contributed by atoms with Gasteiger partial charge in [-0.1, -0.05) is 18.2 Å². The van der Waals surface area contributed by atoms with Crippen LogP contribution in [0.3, 0.4) is 0 Å². The molecule has 0 atom stereocenters. The zero-order valence-corrected chi connectivity index (χ0v) is 12.3. The molecule has 0 radical (unpaired) electrons. The summed E-state index contributed by atoms with van der Waals surface area (Å²) in [6, 6.07) is 7.69. The smallest absolute Gasteiger partial charge is 0.199 e. The van der Waals surface area contributed by atoms with E-state index in [1.165, 1.54) is 0 Å². The topological polar surface area (TPSA) is 59.6 Å². The molecule has 0 saturated heterocycles. The van der Waals surface area contributed by atoms with E-state index >= 15 is 0 Å². The van der Waals surface area contributed by atoms with E-state index in [-0.39, 0.29) is 10.2 Å². The fraction of sp³-hybridized carbons (Fsp3) is 0.154. The Labute approximate surface area is 123 Å². The first-order valence-corrected chi connectivity index (χ1v) is 6.31. The number of nitrogens with one attached hydrogen (secondary N) is 1. The van der Waals surface area contributed by atoms with Gasteiger partial charge >= 0.3 is 0 Å². The summed E-state index contributed by atoms with van der Waals surface area (Å²) in [7, 11) is 1.64. The van der Waals surface area contributed by atoms with Crippen molar-refractivity contribution in [1.82, 2.24) is 5.32 Å². The van der Waals surface area contributed by atoms with Gasteiger partial charge < -0.3 is 15.8 Å². The summed E-state index contributed by atoms with van der Waals surface area (Å²) < 4.78 is 5.09. The molecule has 0 bridgehead atoms. The molecule has 0 amide bonds. The summed E-state index contributed by atoms with van der Waals surface area (Å²) >= 11 is 9.62. The van der Waals surface area contributed by atoms with E-state index in [4.69, 9.17) is 22.7 Å². The molecule has 6 heteroatoms. The second-order valence-electron chi connectivity index (χ2n) is 3.65.